The van der Waals surface area contributed by atoms with Crippen molar-refractivity contribution in [2.45, 2.75) is 19.4 Å². The van der Waals surface area contributed by atoms with Crippen LogP contribution in [-0.4, -0.2) is 22.6 Å². The Morgan fingerprint density at radius 1 is 1.43 bits per heavy atom. The second-order valence-corrected chi connectivity index (χ2v) is 7.01. The fraction of sp³-hybridized carbons (Fsp3) is 0.294. The SMILES string of the molecule is COC(=O)C1CCc2nc(-c3ccc(C#CSI)cc3)cn2C1. The number of rotatable bonds is 2. The van der Waals surface area contributed by atoms with E-state index < -0.39 is 0 Å². The fourth-order valence-corrected chi connectivity index (χ4v) is 3.23. The minimum absolute atomic E-state index is 0.0713. The first kappa shape index (κ1) is 16.4. The molecule has 0 aliphatic carbocycles. The van der Waals surface area contributed by atoms with Crippen LogP contribution < -0.4 is 0 Å². The Balaban J connectivity index is 1.81. The van der Waals surface area contributed by atoms with Gasteiger partial charge >= 0.3 is 5.97 Å². The second-order valence-electron chi connectivity index (χ2n) is 5.34. The molecule has 0 saturated carbocycles. The minimum atomic E-state index is -0.137. The molecule has 0 spiro atoms. The number of aromatic nitrogens is 2. The van der Waals surface area contributed by atoms with Crippen LogP contribution in [0, 0.1) is 17.1 Å². The zero-order valence-electron chi connectivity index (χ0n) is 12.6. The van der Waals surface area contributed by atoms with Gasteiger partial charge in [0.15, 0.2) is 0 Å². The Morgan fingerprint density at radius 3 is 2.91 bits per heavy atom. The molecule has 1 atom stereocenters. The average molecular weight is 438 g/mol. The summed E-state index contributed by atoms with van der Waals surface area (Å²) in [7, 11) is 2.92. The van der Waals surface area contributed by atoms with E-state index in [0.717, 1.165) is 35.5 Å². The van der Waals surface area contributed by atoms with E-state index in [1.54, 1.807) is 0 Å². The van der Waals surface area contributed by atoms with Crippen molar-refractivity contribution < 1.29 is 9.53 Å². The van der Waals surface area contributed by atoms with Crippen LogP contribution in [0.3, 0.4) is 0 Å². The van der Waals surface area contributed by atoms with Crippen molar-refractivity contribution in [2.75, 3.05) is 7.11 Å². The Hall–Kier alpha value is -1.46. The van der Waals surface area contributed by atoms with Gasteiger partial charge in [-0.25, -0.2) is 4.98 Å². The molecule has 2 aromatic rings. The number of carbonyl (C=O) groups is 1. The van der Waals surface area contributed by atoms with Crippen molar-refractivity contribution in [3.63, 3.8) is 0 Å². The lowest BCUT2D eigenvalue weighted by atomic mass is 10.00. The van der Waals surface area contributed by atoms with Gasteiger partial charge in [-0.05, 0) is 32.7 Å². The van der Waals surface area contributed by atoms with E-state index in [9.17, 15) is 4.79 Å². The number of hydrogen-bond acceptors (Lipinski definition) is 4. The topological polar surface area (TPSA) is 44.1 Å². The van der Waals surface area contributed by atoms with Crippen LogP contribution in [0.4, 0.5) is 0 Å². The van der Waals surface area contributed by atoms with Crippen molar-refractivity contribution in [1.82, 2.24) is 9.55 Å². The van der Waals surface area contributed by atoms with Crippen molar-refractivity contribution in [3.8, 4) is 22.4 Å². The van der Waals surface area contributed by atoms with Crippen LogP contribution in [0.25, 0.3) is 11.3 Å². The van der Waals surface area contributed by atoms with Gasteiger partial charge < -0.3 is 9.30 Å². The van der Waals surface area contributed by atoms with Gasteiger partial charge in [-0.2, -0.15) is 0 Å². The highest BCUT2D eigenvalue weighted by Gasteiger charge is 2.26. The Kier molecular flexibility index (Phi) is 5.28. The van der Waals surface area contributed by atoms with E-state index in [4.69, 9.17) is 9.72 Å². The normalized spacial score (nSPS) is 16.2. The zero-order chi connectivity index (χ0) is 16.2. The summed E-state index contributed by atoms with van der Waals surface area (Å²) in [5, 5.41) is 2.97. The number of benzene rings is 1. The summed E-state index contributed by atoms with van der Waals surface area (Å²) in [5.41, 5.74) is 3.00. The summed E-state index contributed by atoms with van der Waals surface area (Å²) in [4.78, 5) is 16.4. The van der Waals surface area contributed by atoms with Crippen LogP contribution >= 0.6 is 30.1 Å². The first-order valence-corrected chi connectivity index (χ1v) is 10.6. The minimum Gasteiger partial charge on any atom is -0.469 e. The molecular formula is C17H15IN2O2S. The first-order valence-electron chi connectivity index (χ1n) is 7.24. The summed E-state index contributed by atoms with van der Waals surface area (Å²) in [6, 6.07) is 8.08. The predicted molar refractivity (Wildman–Crippen MR) is 100.0 cm³/mol. The number of ether oxygens (including phenoxy) is 1. The second kappa shape index (κ2) is 7.41. The molecule has 4 nitrogen and oxygen atoms in total. The highest BCUT2D eigenvalue weighted by molar-refractivity contribution is 14.2. The molecule has 3 rings (SSSR count). The third-order valence-corrected chi connectivity index (χ3v) is 4.78. The molecule has 6 heteroatoms. The van der Waals surface area contributed by atoms with Crippen molar-refractivity contribution in [3.05, 3.63) is 41.9 Å². The maximum absolute atomic E-state index is 11.7. The number of carbonyl (C=O) groups excluding carboxylic acids is 1. The molecule has 0 amide bonds. The summed E-state index contributed by atoms with van der Waals surface area (Å²) in [6.07, 6.45) is 3.62. The van der Waals surface area contributed by atoms with Gasteiger partial charge in [0.25, 0.3) is 0 Å². The number of imidazole rings is 1. The third kappa shape index (κ3) is 3.72. The molecule has 1 aromatic heterocycles. The van der Waals surface area contributed by atoms with Crippen LogP contribution in [-0.2, 0) is 22.5 Å². The van der Waals surface area contributed by atoms with Gasteiger partial charge in [-0.15, -0.1) is 0 Å². The largest absolute Gasteiger partial charge is 0.469 e. The van der Waals surface area contributed by atoms with Crippen LogP contribution in [0.15, 0.2) is 30.5 Å². The number of halogens is 1. The third-order valence-electron chi connectivity index (χ3n) is 3.94. The fourth-order valence-electron chi connectivity index (χ4n) is 2.74. The standard InChI is InChI=1S/C17H15IN2O2S/c1-22-17(21)14-6-7-16-19-15(11-20(16)10-14)13-4-2-12(3-5-13)8-9-23-18/h2-5,11,14H,6-7,10H2,1H3. The smallest absolute Gasteiger partial charge is 0.310 e. The van der Waals surface area contributed by atoms with Crippen LogP contribution in [0.5, 0.6) is 0 Å². The molecule has 0 radical (unpaired) electrons. The highest BCUT2D eigenvalue weighted by Crippen LogP contribution is 2.25. The van der Waals surface area contributed by atoms with Crippen molar-refractivity contribution >= 4 is 36.1 Å². The average Bonchev–Trinajstić information content (AvgIpc) is 3.02. The first-order chi connectivity index (χ1) is 11.2. The van der Waals surface area contributed by atoms with Gasteiger partial charge in [-0.3, -0.25) is 4.79 Å². The molecule has 0 N–H and O–H groups in total. The number of hydrogen-bond donors (Lipinski definition) is 0. The van der Waals surface area contributed by atoms with Gasteiger partial charge in [0.05, 0.1) is 18.7 Å². The van der Waals surface area contributed by atoms with Crippen molar-refractivity contribution in [1.29, 1.82) is 0 Å². The molecule has 118 valence electrons. The molecule has 1 aromatic carbocycles. The molecule has 2 heterocycles. The lowest BCUT2D eigenvalue weighted by molar-refractivity contribution is -0.146. The maximum Gasteiger partial charge on any atom is 0.310 e. The molecule has 23 heavy (non-hydrogen) atoms. The summed E-state index contributed by atoms with van der Waals surface area (Å²) in [6.45, 7) is 0.644. The van der Waals surface area contributed by atoms with Crippen LogP contribution in [0.2, 0.25) is 0 Å². The molecule has 1 aliphatic heterocycles. The van der Waals surface area contributed by atoms with E-state index in [-0.39, 0.29) is 11.9 Å². The quantitative estimate of drug-likeness (QED) is 0.408. The van der Waals surface area contributed by atoms with Gasteiger partial charge in [0.2, 0.25) is 0 Å². The Morgan fingerprint density at radius 2 is 2.22 bits per heavy atom. The zero-order valence-corrected chi connectivity index (χ0v) is 15.6. The van der Waals surface area contributed by atoms with Gasteiger partial charge in [-0.1, -0.05) is 18.1 Å². The molecule has 0 bridgehead atoms. The van der Waals surface area contributed by atoms with Crippen LogP contribution in [0.1, 0.15) is 17.8 Å². The summed E-state index contributed by atoms with van der Waals surface area (Å²) in [5.74, 6) is 3.90. The van der Waals surface area contributed by atoms with Gasteiger partial charge in [0, 0.05) is 51.5 Å². The molecule has 1 aliphatic rings. The van der Waals surface area contributed by atoms with Gasteiger partial charge in [0.1, 0.15) is 5.82 Å². The lowest BCUT2D eigenvalue weighted by Crippen LogP contribution is -2.27. The Labute approximate surface area is 151 Å². The number of esters is 1. The number of fused-ring (bicyclic) bond motifs is 1. The molecular weight excluding hydrogens is 423 g/mol. The number of nitrogens with zero attached hydrogens (tertiary/aromatic N) is 2. The van der Waals surface area contributed by atoms with E-state index in [1.807, 2.05) is 30.5 Å². The number of aryl methyl sites for hydroxylation is 1. The van der Waals surface area contributed by atoms with E-state index in [1.165, 1.54) is 16.0 Å². The van der Waals surface area contributed by atoms with E-state index in [2.05, 4.69) is 36.9 Å². The monoisotopic (exact) mass is 438 g/mol. The maximum atomic E-state index is 11.7. The molecule has 1 unspecified atom stereocenters. The summed E-state index contributed by atoms with van der Waals surface area (Å²) < 4.78 is 6.92. The highest BCUT2D eigenvalue weighted by atomic mass is 127. The van der Waals surface area contributed by atoms with Crippen molar-refractivity contribution in [2.24, 2.45) is 5.92 Å². The Bertz CT molecular complexity index is 774. The molecule has 0 saturated heterocycles. The van der Waals surface area contributed by atoms with E-state index in [0.29, 0.717) is 6.54 Å². The van der Waals surface area contributed by atoms with E-state index >= 15 is 0 Å². The summed E-state index contributed by atoms with van der Waals surface area (Å²) >= 11 is 2.16. The predicted octanol–water partition coefficient (Wildman–Crippen LogP) is 3.68. The molecule has 0 fully saturated rings. The lowest BCUT2D eigenvalue weighted by Gasteiger charge is -2.21. The number of methoxy groups -OCH3 is 1.